The zero-order chi connectivity index (χ0) is 32.6. The molecule has 0 bridgehead atoms. The maximum atomic E-state index is 10.4. The molecule has 0 aromatic rings. The van der Waals surface area contributed by atoms with Crippen molar-refractivity contribution < 1.29 is 19.8 Å². The monoisotopic (exact) mass is 621 g/mol. The minimum Gasteiger partial charge on any atom is -0.481 e. The van der Waals surface area contributed by atoms with Crippen LogP contribution in [0.3, 0.4) is 0 Å². The predicted molar refractivity (Wildman–Crippen MR) is 193 cm³/mol. The summed E-state index contributed by atoms with van der Waals surface area (Å²) in [5.74, 6) is -1.49. The highest BCUT2D eigenvalue weighted by atomic mass is 16.4. The Morgan fingerprint density at radius 3 is 0.977 bits per heavy atom. The maximum absolute atomic E-state index is 10.4. The topological polar surface area (TPSA) is 74.6 Å². The van der Waals surface area contributed by atoms with Gasteiger partial charge in [0.05, 0.1) is 0 Å². The Morgan fingerprint density at radius 1 is 0.386 bits per heavy atom. The lowest BCUT2D eigenvalue weighted by Crippen LogP contribution is -1.93. The Morgan fingerprint density at radius 2 is 0.659 bits per heavy atom. The Balaban J connectivity index is 0. The van der Waals surface area contributed by atoms with Crippen LogP contribution in [0.25, 0.3) is 0 Å². The molecule has 0 rings (SSSR count). The minimum atomic E-state index is -0.832. The summed E-state index contributed by atoms with van der Waals surface area (Å²) in [6, 6.07) is 0. The van der Waals surface area contributed by atoms with Crippen LogP contribution in [0.4, 0.5) is 0 Å². The third kappa shape index (κ3) is 47.4. The highest BCUT2D eigenvalue weighted by Gasteiger charge is 1.97. The van der Waals surface area contributed by atoms with E-state index >= 15 is 0 Å². The average molecular weight is 621 g/mol. The van der Waals surface area contributed by atoms with Gasteiger partial charge in [-0.15, -0.1) is 0 Å². The van der Waals surface area contributed by atoms with Crippen molar-refractivity contribution in [1.82, 2.24) is 0 Å². The molecule has 260 valence electrons. The van der Waals surface area contributed by atoms with Crippen molar-refractivity contribution in [1.29, 1.82) is 0 Å². The van der Waals surface area contributed by atoms with E-state index in [2.05, 4.69) is 26.0 Å². The van der Waals surface area contributed by atoms with Crippen LogP contribution in [0, 0.1) is 0 Å². The lowest BCUT2D eigenvalue weighted by atomic mass is 10.0. The van der Waals surface area contributed by atoms with Gasteiger partial charge in [-0.25, -0.2) is 4.79 Å². The van der Waals surface area contributed by atoms with Crippen molar-refractivity contribution in [3.8, 4) is 0 Å². The number of hydrogen-bond acceptors (Lipinski definition) is 2. The molecule has 0 atom stereocenters. The zero-order valence-corrected chi connectivity index (χ0v) is 29.6. The second-order valence-corrected chi connectivity index (χ2v) is 12.9. The van der Waals surface area contributed by atoms with Crippen LogP contribution < -0.4 is 0 Å². The molecule has 0 saturated carbocycles. The van der Waals surface area contributed by atoms with Gasteiger partial charge in [0.25, 0.3) is 0 Å². The van der Waals surface area contributed by atoms with E-state index in [0.717, 1.165) is 25.7 Å². The molecule has 0 fully saturated rings. The third-order valence-electron chi connectivity index (χ3n) is 8.39. The molecule has 0 aromatic carbocycles. The maximum Gasteiger partial charge on any atom is 0.327 e. The van der Waals surface area contributed by atoms with Crippen LogP contribution in [0.2, 0.25) is 0 Å². The normalized spacial score (nSPS) is 11.3. The first-order valence-corrected chi connectivity index (χ1v) is 19.3. The molecule has 0 amide bonds. The van der Waals surface area contributed by atoms with Crippen LogP contribution in [0.1, 0.15) is 219 Å². The van der Waals surface area contributed by atoms with Crippen molar-refractivity contribution in [3.63, 3.8) is 0 Å². The highest BCUT2D eigenvalue weighted by Crippen LogP contribution is 2.14. The summed E-state index contributed by atoms with van der Waals surface area (Å²) in [7, 11) is 0. The van der Waals surface area contributed by atoms with Crippen molar-refractivity contribution in [2.75, 3.05) is 0 Å². The van der Waals surface area contributed by atoms with E-state index in [1.807, 2.05) is 0 Å². The molecule has 0 unspecified atom stereocenters. The van der Waals surface area contributed by atoms with E-state index in [1.54, 1.807) is 6.08 Å². The number of carboxylic acid groups (broad SMARTS) is 2. The molecule has 2 N–H and O–H groups in total. The number of rotatable bonds is 34. The summed E-state index contributed by atoms with van der Waals surface area (Å²) in [4.78, 5) is 20.6. The lowest BCUT2D eigenvalue weighted by molar-refractivity contribution is -0.137. The standard InChI is InChI=1S/2C20H38O2/c2*1-2-3-4-5-6-7-8-9-10-11-12-13-14-15-16-17-18-19-20(21)22/h18-19H,2-17H2,1H3,(H,21,22);7-8H,2-6,9-19H2,1H3,(H,21,22). The summed E-state index contributed by atoms with van der Waals surface area (Å²) in [6.07, 6.45) is 48.7. The molecular weight excluding hydrogens is 544 g/mol. The molecule has 0 aliphatic heterocycles. The molecule has 0 aromatic heterocycles. The number of unbranched alkanes of at least 4 members (excludes halogenated alkanes) is 28. The third-order valence-corrected chi connectivity index (χ3v) is 8.39. The number of carboxylic acids is 2. The van der Waals surface area contributed by atoms with Gasteiger partial charge in [-0.05, 0) is 44.9 Å². The molecular formula is C40H76O4. The fourth-order valence-corrected chi connectivity index (χ4v) is 5.52. The SMILES string of the molecule is CCCCCCC=CCCCCCCCCCCCC(=O)O.CCCCCCCCCCCCCCCCCC=CC(=O)O. The van der Waals surface area contributed by atoms with Crippen LogP contribution in [-0.4, -0.2) is 22.2 Å². The Bertz CT molecular complexity index is 625. The van der Waals surface area contributed by atoms with Crippen molar-refractivity contribution in [2.45, 2.75) is 219 Å². The van der Waals surface area contributed by atoms with Gasteiger partial charge < -0.3 is 10.2 Å². The largest absolute Gasteiger partial charge is 0.481 e. The molecule has 44 heavy (non-hydrogen) atoms. The smallest absolute Gasteiger partial charge is 0.327 e. The fraction of sp³-hybridized carbons (Fsp3) is 0.850. The van der Waals surface area contributed by atoms with Gasteiger partial charge in [-0.3, -0.25) is 4.79 Å². The van der Waals surface area contributed by atoms with E-state index < -0.39 is 11.9 Å². The summed E-state index contributed by atoms with van der Waals surface area (Å²) in [5, 5.41) is 17.0. The molecule has 0 aliphatic rings. The van der Waals surface area contributed by atoms with E-state index in [4.69, 9.17) is 10.2 Å². The van der Waals surface area contributed by atoms with E-state index in [1.165, 1.54) is 179 Å². The predicted octanol–water partition coefficient (Wildman–Crippen LogP) is 13.8. The molecule has 0 saturated heterocycles. The van der Waals surface area contributed by atoms with Gasteiger partial charge in [-0.2, -0.15) is 0 Å². The first-order valence-electron chi connectivity index (χ1n) is 19.3. The average Bonchev–Trinajstić information content (AvgIpc) is 3.00. The fourth-order valence-electron chi connectivity index (χ4n) is 5.52. The summed E-state index contributed by atoms with van der Waals surface area (Å²) >= 11 is 0. The van der Waals surface area contributed by atoms with Gasteiger partial charge in [0, 0.05) is 12.5 Å². The summed E-state index contributed by atoms with van der Waals surface area (Å²) in [6.45, 7) is 4.53. The minimum absolute atomic E-state index is 0.339. The quantitative estimate of drug-likeness (QED) is 0.0426. The number of allylic oxidation sites excluding steroid dienone is 3. The Hall–Kier alpha value is -1.58. The Kier molecular flexibility index (Phi) is 41.9. The van der Waals surface area contributed by atoms with Gasteiger partial charge in [0.1, 0.15) is 0 Å². The van der Waals surface area contributed by atoms with Gasteiger partial charge in [0.2, 0.25) is 0 Å². The lowest BCUT2D eigenvalue weighted by Gasteiger charge is -2.03. The first-order chi connectivity index (χ1) is 21.5. The van der Waals surface area contributed by atoms with E-state index in [0.29, 0.717) is 6.42 Å². The van der Waals surface area contributed by atoms with Crippen LogP contribution >= 0.6 is 0 Å². The molecule has 0 heterocycles. The first kappa shape index (κ1) is 44.5. The molecule has 0 aliphatic carbocycles. The molecule has 0 spiro atoms. The molecule has 0 radical (unpaired) electrons. The zero-order valence-electron chi connectivity index (χ0n) is 29.6. The van der Waals surface area contributed by atoms with Crippen LogP contribution in [0.5, 0.6) is 0 Å². The van der Waals surface area contributed by atoms with Gasteiger partial charge >= 0.3 is 11.9 Å². The molecule has 4 heteroatoms. The van der Waals surface area contributed by atoms with Crippen molar-refractivity contribution >= 4 is 11.9 Å². The van der Waals surface area contributed by atoms with Crippen LogP contribution in [0.15, 0.2) is 24.3 Å². The Labute approximate surface area is 275 Å². The van der Waals surface area contributed by atoms with E-state index in [-0.39, 0.29) is 0 Å². The molecule has 4 nitrogen and oxygen atoms in total. The van der Waals surface area contributed by atoms with Crippen molar-refractivity contribution in [3.05, 3.63) is 24.3 Å². The second kappa shape index (κ2) is 41.4. The van der Waals surface area contributed by atoms with Gasteiger partial charge in [0.15, 0.2) is 0 Å². The van der Waals surface area contributed by atoms with Crippen LogP contribution in [-0.2, 0) is 9.59 Å². The number of hydrogen-bond donors (Lipinski definition) is 2. The highest BCUT2D eigenvalue weighted by molar-refractivity contribution is 5.79. The summed E-state index contributed by atoms with van der Waals surface area (Å²) < 4.78 is 0. The summed E-state index contributed by atoms with van der Waals surface area (Å²) in [5.41, 5.74) is 0. The van der Waals surface area contributed by atoms with Gasteiger partial charge in [-0.1, -0.05) is 186 Å². The second-order valence-electron chi connectivity index (χ2n) is 12.9. The van der Waals surface area contributed by atoms with E-state index in [9.17, 15) is 9.59 Å². The van der Waals surface area contributed by atoms with Crippen molar-refractivity contribution in [2.24, 2.45) is 0 Å². The number of carbonyl (C=O) groups is 2. The number of aliphatic carboxylic acids is 2.